The van der Waals surface area contributed by atoms with Crippen LogP contribution in [0.4, 0.5) is 8.78 Å². The second-order valence-electron chi connectivity index (χ2n) is 2.31. The minimum absolute atomic E-state index is 0.200. The average Bonchev–Trinajstić information content (AvgIpc) is 1.97. The van der Waals surface area contributed by atoms with Crippen LogP contribution in [0.15, 0.2) is 0 Å². The van der Waals surface area contributed by atoms with Crippen molar-refractivity contribution in [3.63, 3.8) is 0 Å². The Balaban J connectivity index is 3.46. The van der Waals surface area contributed by atoms with Gasteiger partial charge in [-0.15, -0.1) is 6.42 Å². The second kappa shape index (κ2) is 6.11. The zero-order valence-electron chi connectivity index (χ0n) is 6.61. The van der Waals surface area contributed by atoms with Crippen LogP contribution < -0.4 is 5.32 Å². The van der Waals surface area contributed by atoms with E-state index in [1.807, 2.05) is 6.92 Å². The molecule has 0 aliphatic carbocycles. The van der Waals surface area contributed by atoms with Crippen LogP contribution in [0.25, 0.3) is 0 Å². The topological polar surface area (TPSA) is 12.0 Å². The third-order valence-corrected chi connectivity index (χ3v) is 1.30. The molecule has 0 aliphatic heterocycles. The molecule has 0 amide bonds. The summed E-state index contributed by atoms with van der Waals surface area (Å²) >= 11 is 0. The summed E-state index contributed by atoms with van der Waals surface area (Å²) < 4.78 is 23.3. The zero-order chi connectivity index (χ0) is 8.69. The first kappa shape index (κ1) is 10.4. The fourth-order valence-electron chi connectivity index (χ4n) is 0.764. The molecule has 0 saturated heterocycles. The first-order valence-electron chi connectivity index (χ1n) is 3.68. The highest BCUT2D eigenvalue weighted by atomic mass is 19.3. The SMILES string of the molecule is C#CC(CCC)NCC(F)F. The van der Waals surface area contributed by atoms with Crippen molar-refractivity contribution in [2.45, 2.75) is 32.2 Å². The zero-order valence-corrected chi connectivity index (χ0v) is 6.61. The molecule has 1 nitrogen and oxygen atoms in total. The molecule has 64 valence electrons. The van der Waals surface area contributed by atoms with Gasteiger partial charge in [-0.05, 0) is 6.42 Å². The van der Waals surface area contributed by atoms with Crippen molar-refractivity contribution in [3.8, 4) is 12.3 Å². The van der Waals surface area contributed by atoms with Gasteiger partial charge in [0.25, 0.3) is 6.43 Å². The van der Waals surface area contributed by atoms with Gasteiger partial charge >= 0.3 is 0 Å². The van der Waals surface area contributed by atoms with E-state index in [4.69, 9.17) is 6.42 Å². The molecular formula is C8H13F2N. The van der Waals surface area contributed by atoms with E-state index < -0.39 is 6.43 Å². The molecule has 0 aromatic heterocycles. The minimum Gasteiger partial charge on any atom is -0.298 e. The van der Waals surface area contributed by atoms with Crippen LogP contribution in [0.3, 0.4) is 0 Å². The van der Waals surface area contributed by atoms with Gasteiger partial charge in [0.1, 0.15) is 0 Å². The van der Waals surface area contributed by atoms with Crippen molar-refractivity contribution in [1.29, 1.82) is 0 Å². The summed E-state index contributed by atoms with van der Waals surface area (Å²) in [5, 5.41) is 2.58. The van der Waals surface area contributed by atoms with Gasteiger partial charge in [0.2, 0.25) is 0 Å². The lowest BCUT2D eigenvalue weighted by Gasteiger charge is -2.10. The molecule has 0 spiro atoms. The molecule has 11 heavy (non-hydrogen) atoms. The van der Waals surface area contributed by atoms with Crippen molar-refractivity contribution in [2.75, 3.05) is 6.54 Å². The number of terminal acetylenes is 1. The van der Waals surface area contributed by atoms with Gasteiger partial charge in [-0.1, -0.05) is 19.3 Å². The van der Waals surface area contributed by atoms with E-state index in [2.05, 4.69) is 11.2 Å². The lowest BCUT2D eigenvalue weighted by molar-refractivity contribution is 0.143. The fourth-order valence-corrected chi connectivity index (χ4v) is 0.764. The summed E-state index contributed by atoms with van der Waals surface area (Å²) in [6.07, 6.45) is 4.43. The highest BCUT2D eigenvalue weighted by Gasteiger charge is 2.06. The van der Waals surface area contributed by atoms with Crippen molar-refractivity contribution < 1.29 is 8.78 Å². The molecule has 3 heteroatoms. The maximum absolute atomic E-state index is 11.6. The molecule has 0 saturated carbocycles. The van der Waals surface area contributed by atoms with Gasteiger partial charge in [0.05, 0.1) is 12.6 Å². The van der Waals surface area contributed by atoms with E-state index in [1.54, 1.807) is 0 Å². The smallest absolute Gasteiger partial charge is 0.250 e. The van der Waals surface area contributed by atoms with Crippen LogP contribution in [0.5, 0.6) is 0 Å². The maximum Gasteiger partial charge on any atom is 0.250 e. The summed E-state index contributed by atoms with van der Waals surface area (Å²) in [5.41, 5.74) is 0. The largest absolute Gasteiger partial charge is 0.298 e. The normalized spacial score (nSPS) is 13.0. The van der Waals surface area contributed by atoms with E-state index in [9.17, 15) is 8.78 Å². The standard InChI is InChI=1S/C8H13F2N/c1-3-5-7(4-2)11-6-8(9)10/h2,7-8,11H,3,5-6H2,1H3. The van der Waals surface area contributed by atoms with Crippen molar-refractivity contribution in [1.82, 2.24) is 5.32 Å². The van der Waals surface area contributed by atoms with Gasteiger partial charge in [-0.3, -0.25) is 5.32 Å². The monoisotopic (exact) mass is 161 g/mol. The number of hydrogen-bond donors (Lipinski definition) is 1. The summed E-state index contributed by atoms with van der Waals surface area (Å²) in [6, 6.07) is -0.200. The molecule has 0 aromatic rings. The lowest BCUT2D eigenvalue weighted by atomic mass is 10.2. The molecule has 0 bridgehead atoms. The Morgan fingerprint density at radius 2 is 2.18 bits per heavy atom. The Bertz CT molecular complexity index is 129. The molecule has 0 heterocycles. The average molecular weight is 161 g/mol. The van der Waals surface area contributed by atoms with Gasteiger partial charge < -0.3 is 0 Å². The van der Waals surface area contributed by atoms with Gasteiger partial charge in [0, 0.05) is 0 Å². The molecule has 0 aliphatic rings. The highest BCUT2D eigenvalue weighted by molar-refractivity contribution is 4.98. The van der Waals surface area contributed by atoms with Crippen LogP contribution in [-0.2, 0) is 0 Å². The Hall–Kier alpha value is -0.620. The van der Waals surface area contributed by atoms with Crippen LogP contribution in [0.1, 0.15) is 19.8 Å². The van der Waals surface area contributed by atoms with E-state index in [1.165, 1.54) is 0 Å². The molecular weight excluding hydrogens is 148 g/mol. The number of alkyl halides is 2. The number of hydrogen-bond acceptors (Lipinski definition) is 1. The molecule has 0 aromatic carbocycles. The third-order valence-electron chi connectivity index (χ3n) is 1.30. The molecule has 1 unspecified atom stereocenters. The first-order chi connectivity index (χ1) is 5.20. The van der Waals surface area contributed by atoms with Crippen molar-refractivity contribution in [2.24, 2.45) is 0 Å². The van der Waals surface area contributed by atoms with Crippen LogP contribution >= 0.6 is 0 Å². The maximum atomic E-state index is 11.6. The Morgan fingerprint density at radius 1 is 1.55 bits per heavy atom. The van der Waals surface area contributed by atoms with Crippen molar-refractivity contribution >= 4 is 0 Å². The minimum atomic E-state index is -2.32. The summed E-state index contributed by atoms with van der Waals surface area (Å²) in [6.45, 7) is 1.66. The highest BCUT2D eigenvalue weighted by Crippen LogP contribution is 1.96. The molecule has 1 N–H and O–H groups in total. The Kier molecular flexibility index (Phi) is 5.77. The van der Waals surface area contributed by atoms with Gasteiger partial charge in [0.15, 0.2) is 0 Å². The summed E-state index contributed by atoms with van der Waals surface area (Å²) in [7, 11) is 0. The number of halogens is 2. The second-order valence-corrected chi connectivity index (χ2v) is 2.31. The third kappa shape index (κ3) is 5.81. The van der Waals surface area contributed by atoms with Gasteiger partial charge in [-0.25, -0.2) is 8.78 Å². The number of rotatable bonds is 5. The Labute approximate surface area is 66.2 Å². The summed E-state index contributed by atoms with van der Waals surface area (Å²) in [4.78, 5) is 0. The number of nitrogens with one attached hydrogen (secondary N) is 1. The van der Waals surface area contributed by atoms with Crippen LogP contribution in [0, 0.1) is 12.3 Å². The van der Waals surface area contributed by atoms with Crippen LogP contribution in [-0.4, -0.2) is 19.0 Å². The van der Waals surface area contributed by atoms with Crippen molar-refractivity contribution in [3.05, 3.63) is 0 Å². The molecule has 0 radical (unpaired) electrons. The quantitative estimate of drug-likeness (QED) is 0.604. The van der Waals surface area contributed by atoms with E-state index in [0.29, 0.717) is 0 Å². The van der Waals surface area contributed by atoms with E-state index in [0.717, 1.165) is 12.8 Å². The predicted octanol–water partition coefficient (Wildman–Crippen LogP) is 1.64. The summed E-state index contributed by atoms with van der Waals surface area (Å²) in [5.74, 6) is 2.41. The Morgan fingerprint density at radius 3 is 2.55 bits per heavy atom. The van der Waals surface area contributed by atoms with E-state index in [-0.39, 0.29) is 12.6 Å². The molecule has 0 fully saturated rings. The van der Waals surface area contributed by atoms with Gasteiger partial charge in [-0.2, -0.15) is 0 Å². The molecule has 0 rings (SSSR count). The predicted molar refractivity (Wildman–Crippen MR) is 41.5 cm³/mol. The molecule has 1 atom stereocenters. The van der Waals surface area contributed by atoms with Crippen LogP contribution in [0.2, 0.25) is 0 Å². The lowest BCUT2D eigenvalue weighted by Crippen LogP contribution is -2.31. The first-order valence-corrected chi connectivity index (χ1v) is 3.68. The van der Waals surface area contributed by atoms with E-state index >= 15 is 0 Å². The fraction of sp³-hybridized carbons (Fsp3) is 0.750.